The number of rotatable bonds is 6. The average Bonchev–Trinajstić information content (AvgIpc) is 3.54. The number of nitrogens with zero attached hydrogens (tertiary/aromatic N) is 3. The first-order valence-corrected chi connectivity index (χ1v) is 10.5. The van der Waals surface area contributed by atoms with Gasteiger partial charge in [0, 0.05) is 5.39 Å². The van der Waals surface area contributed by atoms with Crippen LogP contribution in [0.3, 0.4) is 0 Å². The zero-order valence-electron chi connectivity index (χ0n) is 17.3. The van der Waals surface area contributed by atoms with Crippen molar-refractivity contribution in [2.24, 2.45) is 0 Å². The molecule has 1 atom stereocenters. The lowest BCUT2D eigenvalue weighted by atomic mass is 10.1. The predicted octanol–water partition coefficient (Wildman–Crippen LogP) is 4.86. The highest BCUT2D eigenvalue weighted by molar-refractivity contribution is 5.81. The number of aromatic nitrogens is 3. The van der Waals surface area contributed by atoms with E-state index in [1.807, 2.05) is 25.1 Å². The minimum atomic E-state index is -0.288. The van der Waals surface area contributed by atoms with E-state index in [9.17, 15) is 9.18 Å². The molecular formula is C25H23FN4O. The van der Waals surface area contributed by atoms with Crippen molar-refractivity contribution in [1.82, 2.24) is 20.1 Å². The first-order valence-electron chi connectivity index (χ1n) is 10.5. The van der Waals surface area contributed by atoms with Crippen molar-refractivity contribution in [3.63, 3.8) is 0 Å². The minimum absolute atomic E-state index is 0.0319. The topological polar surface area (TPSA) is 59.8 Å². The molecule has 1 saturated carbocycles. The zero-order chi connectivity index (χ0) is 21.4. The number of amides is 1. The van der Waals surface area contributed by atoms with Crippen molar-refractivity contribution in [2.75, 3.05) is 0 Å². The summed E-state index contributed by atoms with van der Waals surface area (Å²) in [5.41, 5.74) is 4.74. The van der Waals surface area contributed by atoms with Crippen LogP contribution in [-0.4, -0.2) is 20.7 Å². The van der Waals surface area contributed by atoms with Gasteiger partial charge in [-0.25, -0.2) is 9.07 Å². The molecule has 1 amide bonds. The smallest absolute Gasteiger partial charge is 0.224 e. The Bertz CT molecular complexity index is 1230. The van der Waals surface area contributed by atoms with E-state index in [4.69, 9.17) is 0 Å². The molecule has 1 aliphatic carbocycles. The number of nitrogens with one attached hydrogen (secondary N) is 1. The minimum Gasteiger partial charge on any atom is -0.348 e. The van der Waals surface area contributed by atoms with E-state index < -0.39 is 0 Å². The molecule has 31 heavy (non-hydrogen) atoms. The molecule has 156 valence electrons. The Morgan fingerprint density at radius 2 is 1.87 bits per heavy atom. The number of hydrogen-bond donors (Lipinski definition) is 1. The van der Waals surface area contributed by atoms with Crippen LogP contribution < -0.4 is 5.32 Å². The molecule has 0 saturated heterocycles. The molecule has 1 fully saturated rings. The Morgan fingerprint density at radius 3 is 2.58 bits per heavy atom. The Labute approximate surface area is 179 Å². The molecule has 1 aliphatic rings. The van der Waals surface area contributed by atoms with Gasteiger partial charge in [0.1, 0.15) is 5.82 Å². The van der Waals surface area contributed by atoms with Gasteiger partial charge in [0.15, 0.2) is 0 Å². The van der Waals surface area contributed by atoms with Gasteiger partial charge in [-0.15, -0.1) is 0 Å². The molecule has 5 nitrogen and oxygen atoms in total. The molecule has 0 aliphatic heterocycles. The quantitative estimate of drug-likeness (QED) is 0.490. The van der Waals surface area contributed by atoms with E-state index in [0.717, 1.165) is 33.8 Å². The third-order valence-corrected chi connectivity index (χ3v) is 5.76. The second kappa shape index (κ2) is 7.95. The summed E-state index contributed by atoms with van der Waals surface area (Å²) in [6, 6.07) is 16.2. The second-order valence-corrected chi connectivity index (χ2v) is 8.18. The standard InChI is InChI=1S/C25H23FN4O/c1-16(29-25(31)12-17-2-4-18(5-3-17)19-6-7-19)23-13-20-14-28-30(24(20)15-27-23)22-10-8-21(26)9-11-22/h2-5,8-11,13-16,19H,6-7,12H2,1H3,(H,29,31). The fourth-order valence-electron chi connectivity index (χ4n) is 3.84. The summed E-state index contributed by atoms with van der Waals surface area (Å²) in [6.07, 6.45) is 6.38. The van der Waals surface area contributed by atoms with Crippen LogP contribution in [0.2, 0.25) is 0 Å². The van der Waals surface area contributed by atoms with Gasteiger partial charge in [0.2, 0.25) is 5.91 Å². The van der Waals surface area contributed by atoms with Crippen LogP contribution in [0.15, 0.2) is 67.0 Å². The average molecular weight is 414 g/mol. The first-order chi connectivity index (χ1) is 15.1. The monoisotopic (exact) mass is 414 g/mol. The van der Waals surface area contributed by atoms with E-state index in [0.29, 0.717) is 6.42 Å². The second-order valence-electron chi connectivity index (χ2n) is 8.18. The van der Waals surface area contributed by atoms with Crippen molar-refractivity contribution >= 4 is 16.8 Å². The van der Waals surface area contributed by atoms with Crippen molar-refractivity contribution in [1.29, 1.82) is 0 Å². The Morgan fingerprint density at radius 1 is 1.13 bits per heavy atom. The van der Waals surface area contributed by atoms with E-state index in [2.05, 4.69) is 27.5 Å². The van der Waals surface area contributed by atoms with Crippen LogP contribution in [0.1, 0.15) is 48.5 Å². The van der Waals surface area contributed by atoms with E-state index in [1.165, 1.54) is 30.5 Å². The molecule has 5 rings (SSSR count). The molecule has 2 aromatic carbocycles. The maximum absolute atomic E-state index is 13.2. The zero-order valence-corrected chi connectivity index (χ0v) is 17.3. The summed E-state index contributed by atoms with van der Waals surface area (Å²) in [4.78, 5) is 17.1. The van der Waals surface area contributed by atoms with Crippen molar-refractivity contribution in [2.45, 2.75) is 38.1 Å². The normalized spacial score (nSPS) is 14.5. The molecule has 6 heteroatoms. The number of carbonyl (C=O) groups is 1. The lowest BCUT2D eigenvalue weighted by Gasteiger charge is -2.14. The lowest BCUT2D eigenvalue weighted by molar-refractivity contribution is -0.121. The van der Waals surface area contributed by atoms with Crippen LogP contribution in [0.25, 0.3) is 16.6 Å². The van der Waals surface area contributed by atoms with Gasteiger partial charge in [-0.2, -0.15) is 5.10 Å². The molecule has 1 unspecified atom stereocenters. The Kier molecular flexibility index (Phi) is 4.98. The Balaban J connectivity index is 1.27. The maximum Gasteiger partial charge on any atom is 0.224 e. The van der Waals surface area contributed by atoms with Crippen LogP contribution >= 0.6 is 0 Å². The van der Waals surface area contributed by atoms with Gasteiger partial charge >= 0.3 is 0 Å². The Hall–Kier alpha value is -3.54. The van der Waals surface area contributed by atoms with Crippen molar-refractivity contribution < 1.29 is 9.18 Å². The van der Waals surface area contributed by atoms with E-state index >= 15 is 0 Å². The van der Waals surface area contributed by atoms with Crippen LogP contribution in [0.5, 0.6) is 0 Å². The molecular weight excluding hydrogens is 391 g/mol. The fraction of sp³-hybridized carbons (Fsp3) is 0.240. The summed E-state index contributed by atoms with van der Waals surface area (Å²) in [5, 5.41) is 8.35. The third-order valence-electron chi connectivity index (χ3n) is 5.76. The SMILES string of the molecule is CC(NC(=O)Cc1ccc(C2CC2)cc1)c1cc2cnn(-c3ccc(F)cc3)c2cn1. The number of pyridine rings is 1. The van der Waals surface area contributed by atoms with Gasteiger partial charge in [-0.1, -0.05) is 24.3 Å². The first kappa shape index (κ1) is 19.4. The number of benzene rings is 2. The van der Waals surface area contributed by atoms with Gasteiger partial charge in [0.25, 0.3) is 0 Å². The molecule has 2 heterocycles. The summed E-state index contributed by atoms with van der Waals surface area (Å²) >= 11 is 0. The largest absolute Gasteiger partial charge is 0.348 e. The predicted molar refractivity (Wildman–Crippen MR) is 118 cm³/mol. The number of hydrogen-bond acceptors (Lipinski definition) is 3. The molecule has 2 aromatic heterocycles. The molecule has 0 radical (unpaired) electrons. The summed E-state index contributed by atoms with van der Waals surface area (Å²) in [6.45, 7) is 1.92. The van der Waals surface area contributed by atoms with E-state index in [-0.39, 0.29) is 17.8 Å². The third kappa shape index (κ3) is 4.19. The van der Waals surface area contributed by atoms with Gasteiger partial charge < -0.3 is 5.32 Å². The van der Waals surface area contributed by atoms with Crippen molar-refractivity contribution in [3.05, 3.63) is 89.6 Å². The van der Waals surface area contributed by atoms with Gasteiger partial charge in [-0.3, -0.25) is 9.78 Å². The summed E-state index contributed by atoms with van der Waals surface area (Å²) < 4.78 is 14.9. The molecule has 4 aromatic rings. The lowest BCUT2D eigenvalue weighted by Crippen LogP contribution is -2.28. The fourth-order valence-corrected chi connectivity index (χ4v) is 3.84. The van der Waals surface area contributed by atoms with Crippen LogP contribution in [0.4, 0.5) is 4.39 Å². The summed E-state index contributed by atoms with van der Waals surface area (Å²) in [5.74, 6) is 0.399. The van der Waals surface area contributed by atoms with Gasteiger partial charge in [0.05, 0.1) is 41.8 Å². The molecule has 0 spiro atoms. The number of halogens is 1. The van der Waals surface area contributed by atoms with Crippen LogP contribution in [-0.2, 0) is 11.2 Å². The number of carbonyl (C=O) groups excluding carboxylic acids is 1. The highest BCUT2D eigenvalue weighted by atomic mass is 19.1. The highest BCUT2D eigenvalue weighted by Gasteiger charge is 2.23. The van der Waals surface area contributed by atoms with Crippen LogP contribution in [0, 0.1) is 5.82 Å². The van der Waals surface area contributed by atoms with Crippen molar-refractivity contribution in [3.8, 4) is 5.69 Å². The molecule has 0 bridgehead atoms. The van der Waals surface area contributed by atoms with E-state index in [1.54, 1.807) is 29.2 Å². The maximum atomic E-state index is 13.2. The number of fused-ring (bicyclic) bond motifs is 1. The van der Waals surface area contributed by atoms with Gasteiger partial charge in [-0.05, 0) is 67.1 Å². The summed E-state index contributed by atoms with van der Waals surface area (Å²) in [7, 11) is 0. The molecule has 1 N–H and O–H groups in total. The highest BCUT2D eigenvalue weighted by Crippen LogP contribution is 2.39.